The van der Waals surface area contributed by atoms with Crippen molar-refractivity contribution in [3.63, 3.8) is 0 Å². The molecule has 4 rings (SSSR count). The molecule has 0 saturated carbocycles. The number of halogens is 2. The number of nitrogens with zero attached hydrogens (tertiary/aromatic N) is 1. The third-order valence-corrected chi connectivity index (χ3v) is 5.92. The number of likely N-dealkylation sites (tertiary alicyclic amines) is 1. The first-order valence-corrected chi connectivity index (χ1v) is 10.7. The fourth-order valence-corrected chi connectivity index (χ4v) is 4.20. The Hall–Kier alpha value is -3.01. The van der Waals surface area contributed by atoms with Crippen molar-refractivity contribution >= 4 is 29.4 Å². The molecule has 1 atom stereocenters. The van der Waals surface area contributed by atoms with E-state index in [0.29, 0.717) is 34.9 Å². The minimum atomic E-state index is -1.02. The van der Waals surface area contributed by atoms with E-state index in [1.165, 1.54) is 30.2 Å². The van der Waals surface area contributed by atoms with Crippen LogP contribution in [0.2, 0.25) is 5.02 Å². The molecule has 0 radical (unpaired) electrons. The van der Waals surface area contributed by atoms with Gasteiger partial charge in [0.1, 0.15) is 11.9 Å². The molecule has 2 aromatic carbocycles. The Morgan fingerprint density at radius 1 is 1.18 bits per heavy atom. The van der Waals surface area contributed by atoms with Crippen LogP contribution in [0, 0.1) is 5.82 Å². The molecule has 2 saturated heterocycles. The summed E-state index contributed by atoms with van der Waals surface area (Å²) in [6.45, 7) is 0.504. The lowest BCUT2D eigenvalue weighted by atomic mass is 10.0. The number of carbonyl (C=O) groups excluding carboxylic acids is 3. The van der Waals surface area contributed by atoms with Crippen LogP contribution in [-0.4, -0.2) is 67.9 Å². The summed E-state index contributed by atoms with van der Waals surface area (Å²) in [6, 6.07) is 9.78. The van der Waals surface area contributed by atoms with Gasteiger partial charge >= 0.3 is 5.97 Å². The fourth-order valence-electron chi connectivity index (χ4n) is 4.04. The molecule has 0 aliphatic carbocycles. The Balaban J connectivity index is 1.39. The van der Waals surface area contributed by atoms with Crippen LogP contribution in [0.1, 0.15) is 16.8 Å². The number of esters is 1. The summed E-state index contributed by atoms with van der Waals surface area (Å²) in [5, 5.41) is 2.85. The lowest BCUT2D eigenvalue weighted by Crippen LogP contribution is -2.46. The van der Waals surface area contributed by atoms with Gasteiger partial charge in [-0.25, -0.2) is 9.18 Å². The Morgan fingerprint density at radius 3 is 2.52 bits per heavy atom. The molecule has 2 amide bonds. The van der Waals surface area contributed by atoms with Crippen molar-refractivity contribution in [1.82, 2.24) is 10.2 Å². The quantitative estimate of drug-likeness (QED) is 0.666. The molecule has 0 unspecified atom stereocenters. The van der Waals surface area contributed by atoms with Crippen LogP contribution < -0.4 is 5.32 Å². The third-order valence-electron chi connectivity index (χ3n) is 5.69. The Labute approximate surface area is 194 Å². The van der Waals surface area contributed by atoms with Crippen molar-refractivity contribution in [3.8, 4) is 11.1 Å². The van der Waals surface area contributed by atoms with Crippen molar-refractivity contribution in [2.45, 2.75) is 18.2 Å². The average molecular weight is 477 g/mol. The summed E-state index contributed by atoms with van der Waals surface area (Å²) < 4.78 is 30.2. The maximum absolute atomic E-state index is 14.1. The van der Waals surface area contributed by atoms with E-state index in [4.69, 9.17) is 25.8 Å². The number of amides is 2. The number of methoxy groups -OCH3 is 1. The van der Waals surface area contributed by atoms with Crippen LogP contribution in [0.4, 0.5) is 4.39 Å². The summed E-state index contributed by atoms with van der Waals surface area (Å²) in [4.78, 5) is 38.8. The molecule has 2 aromatic rings. The van der Waals surface area contributed by atoms with Gasteiger partial charge in [0.2, 0.25) is 5.91 Å². The lowest BCUT2D eigenvalue weighted by molar-refractivity contribution is -0.152. The summed E-state index contributed by atoms with van der Waals surface area (Å²) in [7, 11) is 1.24. The molecule has 2 heterocycles. The molecule has 2 aliphatic rings. The molecule has 174 valence electrons. The SMILES string of the molecule is COC(=O)[C@@H]1CC2(CN1C(=O)CNC(=O)c1ccc(-c3ccc(Cl)cc3F)cc1)OCCO2. The highest BCUT2D eigenvalue weighted by molar-refractivity contribution is 6.30. The molecule has 0 bridgehead atoms. The highest BCUT2D eigenvalue weighted by Crippen LogP contribution is 2.35. The van der Waals surface area contributed by atoms with Crippen LogP contribution in [-0.2, 0) is 23.8 Å². The highest BCUT2D eigenvalue weighted by atomic mass is 35.5. The minimum absolute atomic E-state index is 0.0722. The van der Waals surface area contributed by atoms with Crippen molar-refractivity contribution in [2.24, 2.45) is 0 Å². The summed E-state index contributed by atoms with van der Waals surface area (Å²) in [6.07, 6.45) is 0.169. The number of hydrogen-bond acceptors (Lipinski definition) is 6. The van der Waals surface area contributed by atoms with Gasteiger partial charge in [-0.2, -0.15) is 0 Å². The van der Waals surface area contributed by atoms with Crippen LogP contribution >= 0.6 is 11.6 Å². The predicted molar refractivity (Wildman–Crippen MR) is 116 cm³/mol. The second-order valence-electron chi connectivity index (χ2n) is 7.76. The Kier molecular flexibility index (Phi) is 6.64. The van der Waals surface area contributed by atoms with Crippen molar-refractivity contribution in [3.05, 3.63) is 58.9 Å². The van der Waals surface area contributed by atoms with Gasteiger partial charge in [0, 0.05) is 22.6 Å². The van der Waals surface area contributed by atoms with E-state index in [-0.39, 0.29) is 19.5 Å². The number of carbonyl (C=O) groups is 3. The average Bonchev–Trinajstić information content (AvgIpc) is 3.44. The van der Waals surface area contributed by atoms with Crippen LogP contribution in [0.25, 0.3) is 11.1 Å². The van der Waals surface area contributed by atoms with Gasteiger partial charge in [0.25, 0.3) is 5.91 Å². The topological polar surface area (TPSA) is 94.2 Å². The van der Waals surface area contributed by atoms with Gasteiger partial charge in [-0.15, -0.1) is 0 Å². The van der Waals surface area contributed by atoms with E-state index in [0.717, 1.165) is 0 Å². The van der Waals surface area contributed by atoms with Crippen LogP contribution in [0.5, 0.6) is 0 Å². The maximum atomic E-state index is 14.1. The van der Waals surface area contributed by atoms with Gasteiger partial charge in [0.15, 0.2) is 5.79 Å². The van der Waals surface area contributed by atoms with Gasteiger partial charge in [0.05, 0.1) is 33.4 Å². The van der Waals surface area contributed by atoms with Crippen molar-refractivity contribution < 1.29 is 33.0 Å². The highest BCUT2D eigenvalue weighted by Gasteiger charge is 2.52. The molecule has 1 N–H and O–H groups in total. The zero-order chi connectivity index (χ0) is 23.6. The number of rotatable bonds is 5. The van der Waals surface area contributed by atoms with E-state index in [2.05, 4.69) is 5.32 Å². The third kappa shape index (κ3) is 4.85. The molecule has 1 spiro atoms. The largest absolute Gasteiger partial charge is 0.467 e. The maximum Gasteiger partial charge on any atom is 0.328 e. The fraction of sp³-hybridized carbons (Fsp3) is 0.348. The smallest absolute Gasteiger partial charge is 0.328 e. The summed E-state index contributed by atoms with van der Waals surface area (Å²) >= 11 is 5.78. The van der Waals surface area contributed by atoms with Crippen molar-refractivity contribution in [2.75, 3.05) is 33.4 Å². The standard InChI is InChI=1S/C23H22ClFN2O6/c1-31-22(30)19-11-23(32-8-9-33-23)13-27(19)20(28)12-26-21(29)15-4-2-14(3-5-15)17-7-6-16(24)10-18(17)25/h2-7,10,19H,8-9,11-13H2,1H3,(H,26,29)/t19-/m0/s1. The first-order valence-electron chi connectivity index (χ1n) is 10.3. The Bertz CT molecular complexity index is 1070. The normalized spacial score (nSPS) is 19.0. The minimum Gasteiger partial charge on any atom is -0.467 e. The summed E-state index contributed by atoms with van der Waals surface area (Å²) in [5.74, 6) is -3.01. The van der Waals surface area contributed by atoms with E-state index in [1.54, 1.807) is 24.3 Å². The number of nitrogens with one attached hydrogen (secondary N) is 1. The Morgan fingerprint density at radius 2 is 1.88 bits per heavy atom. The number of benzene rings is 2. The zero-order valence-corrected chi connectivity index (χ0v) is 18.6. The van der Waals surface area contributed by atoms with Gasteiger partial charge in [-0.05, 0) is 35.9 Å². The van der Waals surface area contributed by atoms with E-state index >= 15 is 0 Å². The molecule has 2 aliphatic heterocycles. The van der Waals surface area contributed by atoms with Crippen molar-refractivity contribution in [1.29, 1.82) is 0 Å². The first kappa shape index (κ1) is 23.2. The van der Waals surface area contributed by atoms with Crippen LogP contribution in [0.15, 0.2) is 42.5 Å². The number of hydrogen-bond donors (Lipinski definition) is 1. The molecular weight excluding hydrogens is 455 g/mol. The number of ether oxygens (including phenoxy) is 3. The monoisotopic (exact) mass is 476 g/mol. The van der Waals surface area contributed by atoms with E-state index in [1.807, 2.05) is 0 Å². The molecule has 10 heteroatoms. The lowest BCUT2D eigenvalue weighted by Gasteiger charge is -2.23. The van der Waals surface area contributed by atoms with Gasteiger partial charge in [-0.3, -0.25) is 9.59 Å². The second-order valence-corrected chi connectivity index (χ2v) is 8.19. The molecule has 2 fully saturated rings. The van der Waals surface area contributed by atoms with Gasteiger partial charge < -0.3 is 24.4 Å². The molecule has 0 aromatic heterocycles. The van der Waals surface area contributed by atoms with E-state index in [9.17, 15) is 18.8 Å². The van der Waals surface area contributed by atoms with Crippen LogP contribution in [0.3, 0.4) is 0 Å². The predicted octanol–water partition coefficient (Wildman–Crippen LogP) is 2.39. The molecule has 33 heavy (non-hydrogen) atoms. The molecule has 8 nitrogen and oxygen atoms in total. The second kappa shape index (κ2) is 9.46. The summed E-state index contributed by atoms with van der Waals surface area (Å²) in [5.41, 5.74) is 1.23. The zero-order valence-electron chi connectivity index (χ0n) is 17.8. The molecular formula is C23H22ClFN2O6. The first-order chi connectivity index (χ1) is 15.8. The van der Waals surface area contributed by atoms with E-state index < -0.39 is 35.4 Å². The van der Waals surface area contributed by atoms with Gasteiger partial charge in [-0.1, -0.05) is 23.7 Å².